The van der Waals surface area contributed by atoms with Crippen molar-refractivity contribution in [1.82, 2.24) is 24.7 Å². The van der Waals surface area contributed by atoms with Gasteiger partial charge in [-0.3, -0.25) is 0 Å². The summed E-state index contributed by atoms with van der Waals surface area (Å²) in [5.41, 5.74) is 1.09. The van der Waals surface area contributed by atoms with Crippen LogP contribution in [0.1, 0.15) is 5.82 Å². The molecule has 2 heterocycles. The average Bonchev–Trinajstić information content (AvgIpc) is 3.02. The Hall–Kier alpha value is -2.94. The topological polar surface area (TPSA) is 56.5 Å². The van der Waals surface area contributed by atoms with Crippen molar-refractivity contribution in [3.8, 4) is 11.4 Å². The van der Waals surface area contributed by atoms with Crippen LogP contribution in [0.25, 0.3) is 22.3 Å². The van der Waals surface area contributed by atoms with E-state index in [2.05, 4.69) is 20.2 Å². The molecule has 0 bridgehead atoms. The highest BCUT2D eigenvalue weighted by Crippen LogP contribution is 2.35. The Morgan fingerprint density at radius 3 is 2.33 bits per heavy atom. The van der Waals surface area contributed by atoms with E-state index in [1.165, 1.54) is 6.07 Å². The van der Waals surface area contributed by atoms with Crippen LogP contribution in [0.5, 0.6) is 0 Å². The zero-order valence-corrected chi connectivity index (χ0v) is 14.8. The number of hydrogen-bond acceptors (Lipinski definition) is 5. The van der Waals surface area contributed by atoms with Crippen LogP contribution < -0.4 is 0 Å². The molecule has 0 atom stereocenters. The number of benzene rings is 2. The highest BCUT2D eigenvalue weighted by Gasteiger charge is 2.35. The fraction of sp³-hybridized carbons (Fsp3) is 0.111. The minimum atomic E-state index is -4.63. The molecule has 0 amide bonds. The van der Waals surface area contributed by atoms with Gasteiger partial charge in [0.1, 0.15) is 5.03 Å². The standard InChI is InChI=1S/C18H12F3N5S/c1-26-14(11-7-3-2-4-8-11)24-25-17(26)27-15-12-9-5-6-10-13(12)22-16(23-15)18(19,20)21/h2-10H,1H3. The zero-order valence-electron chi connectivity index (χ0n) is 14.0. The summed E-state index contributed by atoms with van der Waals surface area (Å²) in [5.74, 6) is -0.554. The molecule has 5 nitrogen and oxygen atoms in total. The van der Waals surface area contributed by atoms with Crippen LogP contribution in [0.4, 0.5) is 13.2 Å². The van der Waals surface area contributed by atoms with E-state index in [0.717, 1.165) is 17.3 Å². The third-order valence-electron chi connectivity index (χ3n) is 3.88. The summed E-state index contributed by atoms with van der Waals surface area (Å²) in [6, 6.07) is 16.0. The minimum absolute atomic E-state index is 0.183. The largest absolute Gasteiger partial charge is 0.451 e. The number of alkyl halides is 3. The van der Waals surface area contributed by atoms with Crippen molar-refractivity contribution in [2.75, 3.05) is 0 Å². The van der Waals surface area contributed by atoms with Crippen LogP contribution in [0, 0.1) is 0 Å². The molecule has 4 aromatic rings. The molecule has 0 saturated heterocycles. The molecule has 27 heavy (non-hydrogen) atoms. The predicted octanol–water partition coefficient (Wildman–Crippen LogP) is 4.60. The van der Waals surface area contributed by atoms with Gasteiger partial charge in [-0.15, -0.1) is 10.2 Å². The van der Waals surface area contributed by atoms with Gasteiger partial charge in [-0.2, -0.15) is 13.2 Å². The monoisotopic (exact) mass is 387 g/mol. The molecule has 9 heteroatoms. The third-order valence-corrected chi connectivity index (χ3v) is 4.92. The molecule has 136 valence electrons. The van der Waals surface area contributed by atoms with Crippen molar-refractivity contribution in [1.29, 1.82) is 0 Å². The molecule has 0 aliphatic carbocycles. The molecule has 0 aliphatic rings. The first-order valence-electron chi connectivity index (χ1n) is 7.90. The first-order chi connectivity index (χ1) is 12.9. The van der Waals surface area contributed by atoms with E-state index in [1.807, 2.05) is 30.3 Å². The number of hydrogen-bond donors (Lipinski definition) is 0. The Balaban J connectivity index is 1.79. The summed E-state index contributed by atoms with van der Waals surface area (Å²) in [5, 5.41) is 9.43. The molecule has 2 aromatic carbocycles. The van der Waals surface area contributed by atoms with E-state index in [0.29, 0.717) is 16.4 Å². The number of nitrogens with zero attached hydrogens (tertiary/aromatic N) is 5. The van der Waals surface area contributed by atoms with E-state index in [-0.39, 0.29) is 10.5 Å². The van der Waals surface area contributed by atoms with E-state index in [4.69, 9.17) is 0 Å². The lowest BCUT2D eigenvalue weighted by Gasteiger charge is -2.10. The Bertz CT molecular complexity index is 1110. The summed E-state index contributed by atoms with van der Waals surface area (Å²) in [7, 11) is 1.76. The molecular weight excluding hydrogens is 375 g/mol. The number of rotatable bonds is 3. The van der Waals surface area contributed by atoms with Gasteiger partial charge in [0.05, 0.1) is 5.52 Å². The second-order valence-electron chi connectivity index (χ2n) is 5.70. The highest BCUT2D eigenvalue weighted by molar-refractivity contribution is 7.99. The first kappa shape index (κ1) is 17.5. The van der Waals surface area contributed by atoms with Crippen LogP contribution in [-0.4, -0.2) is 24.7 Å². The summed E-state index contributed by atoms with van der Waals surface area (Å²) in [4.78, 5) is 7.37. The number of aromatic nitrogens is 5. The molecule has 0 saturated carbocycles. The van der Waals surface area contributed by atoms with Crippen molar-refractivity contribution in [3.63, 3.8) is 0 Å². The van der Waals surface area contributed by atoms with Gasteiger partial charge >= 0.3 is 6.18 Å². The lowest BCUT2D eigenvalue weighted by Crippen LogP contribution is -2.11. The van der Waals surface area contributed by atoms with Crippen LogP contribution in [-0.2, 0) is 13.2 Å². The molecule has 0 radical (unpaired) electrons. The lowest BCUT2D eigenvalue weighted by molar-refractivity contribution is -0.145. The molecule has 2 aromatic heterocycles. The SMILES string of the molecule is Cn1c(Sc2nc(C(F)(F)F)nc3ccccc23)nnc1-c1ccccc1. The van der Waals surface area contributed by atoms with Crippen molar-refractivity contribution >= 4 is 22.7 Å². The van der Waals surface area contributed by atoms with Crippen molar-refractivity contribution in [3.05, 3.63) is 60.4 Å². The second-order valence-corrected chi connectivity index (χ2v) is 6.66. The van der Waals surface area contributed by atoms with Gasteiger partial charge in [0.15, 0.2) is 11.0 Å². The van der Waals surface area contributed by atoms with Crippen LogP contribution in [0.3, 0.4) is 0 Å². The predicted molar refractivity (Wildman–Crippen MR) is 95.1 cm³/mol. The number of halogens is 3. The summed E-state index contributed by atoms with van der Waals surface area (Å²) < 4.78 is 41.2. The smallest absolute Gasteiger partial charge is 0.305 e. The van der Waals surface area contributed by atoms with Crippen molar-refractivity contribution < 1.29 is 13.2 Å². The number of para-hydroxylation sites is 1. The minimum Gasteiger partial charge on any atom is -0.305 e. The van der Waals surface area contributed by atoms with E-state index in [1.54, 1.807) is 29.8 Å². The summed E-state index contributed by atoms with van der Waals surface area (Å²) in [6.45, 7) is 0. The van der Waals surface area contributed by atoms with E-state index in [9.17, 15) is 13.2 Å². The van der Waals surface area contributed by atoms with Crippen LogP contribution >= 0.6 is 11.8 Å². The van der Waals surface area contributed by atoms with Gasteiger partial charge in [0.2, 0.25) is 5.82 Å². The maximum atomic E-state index is 13.2. The number of fused-ring (bicyclic) bond motifs is 1. The fourth-order valence-corrected chi connectivity index (χ4v) is 3.47. The average molecular weight is 387 g/mol. The Morgan fingerprint density at radius 2 is 1.59 bits per heavy atom. The molecule has 0 unspecified atom stereocenters. The quantitative estimate of drug-likeness (QED) is 0.481. The van der Waals surface area contributed by atoms with Gasteiger partial charge in [0.25, 0.3) is 0 Å². The van der Waals surface area contributed by atoms with E-state index < -0.39 is 12.0 Å². The Morgan fingerprint density at radius 1 is 0.889 bits per heavy atom. The van der Waals surface area contributed by atoms with Crippen molar-refractivity contribution in [2.24, 2.45) is 7.05 Å². The lowest BCUT2D eigenvalue weighted by atomic mass is 10.2. The molecular formula is C18H12F3N5S. The second kappa shape index (κ2) is 6.66. The maximum absolute atomic E-state index is 13.2. The molecule has 4 rings (SSSR count). The van der Waals surface area contributed by atoms with Gasteiger partial charge in [-0.1, -0.05) is 48.5 Å². The third kappa shape index (κ3) is 3.37. The van der Waals surface area contributed by atoms with Crippen molar-refractivity contribution in [2.45, 2.75) is 16.4 Å². The highest BCUT2D eigenvalue weighted by atomic mass is 32.2. The van der Waals surface area contributed by atoms with Gasteiger partial charge in [-0.25, -0.2) is 9.97 Å². The van der Waals surface area contributed by atoms with E-state index >= 15 is 0 Å². The maximum Gasteiger partial charge on any atom is 0.451 e. The molecule has 0 spiro atoms. The molecule has 0 aliphatic heterocycles. The van der Waals surface area contributed by atoms with Crippen LogP contribution in [0.15, 0.2) is 64.8 Å². The van der Waals surface area contributed by atoms with Crippen LogP contribution in [0.2, 0.25) is 0 Å². The Labute approximate surface area is 156 Å². The normalized spacial score (nSPS) is 11.9. The van der Waals surface area contributed by atoms with Gasteiger partial charge < -0.3 is 4.57 Å². The summed E-state index contributed by atoms with van der Waals surface area (Å²) >= 11 is 1.03. The zero-order chi connectivity index (χ0) is 19.0. The molecule has 0 fully saturated rings. The summed E-state index contributed by atoms with van der Waals surface area (Å²) in [6.07, 6.45) is -4.63. The van der Waals surface area contributed by atoms with Gasteiger partial charge in [0, 0.05) is 18.0 Å². The fourth-order valence-electron chi connectivity index (χ4n) is 2.58. The Kier molecular flexibility index (Phi) is 4.31. The van der Waals surface area contributed by atoms with Gasteiger partial charge in [-0.05, 0) is 17.8 Å². The first-order valence-corrected chi connectivity index (χ1v) is 8.72. The molecule has 0 N–H and O–H groups in total.